The first-order valence-electron chi connectivity index (χ1n) is 6.68. The summed E-state index contributed by atoms with van der Waals surface area (Å²) >= 11 is 0. The number of nitrogens with zero attached hydrogens (tertiary/aromatic N) is 2. The van der Waals surface area contributed by atoms with Crippen LogP contribution in [0.3, 0.4) is 0 Å². The predicted molar refractivity (Wildman–Crippen MR) is 78.7 cm³/mol. The predicted octanol–water partition coefficient (Wildman–Crippen LogP) is 0.444. The Bertz CT molecular complexity index is 667. The Morgan fingerprint density at radius 1 is 1.36 bits per heavy atom. The van der Waals surface area contributed by atoms with Crippen LogP contribution in [0, 0.1) is 6.92 Å². The van der Waals surface area contributed by atoms with Crippen LogP contribution in [0.25, 0.3) is 5.69 Å². The number of benzene rings is 1. The molecule has 2 aromatic rings. The fraction of sp³-hybridized carbons (Fsp3) is 0.267. The monoisotopic (exact) mass is 303 g/mol. The highest BCUT2D eigenvalue weighted by Crippen LogP contribution is 2.13. The Labute approximate surface area is 127 Å². The summed E-state index contributed by atoms with van der Waals surface area (Å²) in [6, 6.07) is 8.26. The molecular weight excluding hydrogens is 286 g/mol. The zero-order valence-corrected chi connectivity index (χ0v) is 12.3. The van der Waals surface area contributed by atoms with E-state index in [2.05, 4.69) is 15.2 Å². The molecule has 7 heteroatoms. The second kappa shape index (κ2) is 6.86. The Morgan fingerprint density at radius 3 is 2.64 bits per heavy atom. The Balaban J connectivity index is 2.22. The molecule has 7 nitrogen and oxygen atoms in total. The third-order valence-corrected chi connectivity index (χ3v) is 3.23. The van der Waals surface area contributed by atoms with E-state index in [-0.39, 0.29) is 0 Å². The number of aliphatic hydroxyl groups is 1. The maximum absolute atomic E-state index is 12.2. The quantitative estimate of drug-likeness (QED) is 0.782. The molecule has 2 N–H and O–H groups in total. The fourth-order valence-electron chi connectivity index (χ4n) is 2.02. The number of methoxy groups -OCH3 is 1. The zero-order valence-electron chi connectivity index (χ0n) is 12.3. The highest BCUT2D eigenvalue weighted by Gasteiger charge is 2.23. The number of carbonyl (C=O) groups is 2. The van der Waals surface area contributed by atoms with Crippen molar-refractivity contribution in [3.05, 3.63) is 47.8 Å². The van der Waals surface area contributed by atoms with Gasteiger partial charge in [-0.1, -0.05) is 18.2 Å². The number of carbonyl (C=O) groups excluding carboxylic acids is 2. The van der Waals surface area contributed by atoms with E-state index < -0.39 is 24.5 Å². The van der Waals surface area contributed by atoms with Gasteiger partial charge in [-0.05, 0) is 19.1 Å². The van der Waals surface area contributed by atoms with Gasteiger partial charge in [0, 0.05) is 0 Å². The van der Waals surface area contributed by atoms with Gasteiger partial charge in [-0.3, -0.25) is 4.79 Å². The Hall–Kier alpha value is -2.67. The number of nitrogens with one attached hydrogen (secondary N) is 1. The smallest absolute Gasteiger partial charge is 0.330 e. The van der Waals surface area contributed by atoms with E-state index in [4.69, 9.17) is 5.11 Å². The van der Waals surface area contributed by atoms with Crippen LogP contribution in [0.2, 0.25) is 0 Å². The first kappa shape index (κ1) is 15.7. The summed E-state index contributed by atoms with van der Waals surface area (Å²) in [5.41, 5.74) is 1.78. The molecule has 0 radical (unpaired) electrons. The van der Waals surface area contributed by atoms with Crippen molar-refractivity contribution >= 4 is 11.9 Å². The first-order chi connectivity index (χ1) is 10.6. The van der Waals surface area contributed by atoms with E-state index in [1.807, 2.05) is 30.3 Å². The fourth-order valence-corrected chi connectivity index (χ4v) is 2.02. The second-order valence-electron chi connectivity index (χ2n) is 4.62. The molecule has 0 aliphatic carbocycles. The number of para-hydroxylation sites is 1. The van der Waals surface area contributed by atoms with Crippen LogP contribution in [-0.4, -0.2) is 46.5 Å². The number of aliphatic hydroxyl groups excluding tert-OH is 1. The van der Waals surface area contributed by atoms with Crippen molar-refractivity contribution < 1.29 is 19.4 Å². The summed E-state index contributed by atoms with van der Waals surface area (Å²) in [4.78, 5) is 23.6. The molecule has 1 atom stereocenters. The minimum Gasteiger partial charge on any atom is -0.467 e. The third-order valence-electron chi connectivity index (χ3n) is 3.23. The lowest BCUT2D eigenvalue weighted by molar-refractivity contribution is -0.143. The molecule has 0 aliphatic heterocycles. The van der Waals surface area contributed by atoms with Gasteiger partial charge >= 0.3 is 5.97 Å². The van der Waals surface area contributed by atoms with Crippen LogP contribution < -0.4 is 5.32 Å². The molecular formula is C15H17N3O4. The van der Waals surface area contributed by atoms with Gasteiger partial charge in [0.2, 0.25) is 0 Å². The molecule has 1 unspecified atom stereocenters. The van der Waals surface area contributed by atoms with E-state index in [1.54, 1.807) is 11.6 Å². The summed E-state index contributed by atoms with van der Waals surface area (Å²) in [5, 5.41) is 15.7. The topological polar surface area (TPSA) is 93.4 Å². The van der Waals surface area contributed by atoms with Gasteiger partial charge in [0.15, 0.2) is 6.04 Å². The lowest BCUT2D eigenvalue weighted by Gasteiger charge is -2.13. The van der Waals surface area contributed by atoms with Crippen molar-refractivity contribution in [3.8, 4) is 5.69 Å². The van der Waals surface area contributed by atoms with Crippen molar-refractivity contribution in [2.24, 2.45) is 0 Å². The van der Waals surface area contributed by atoms with Gasteiger partial charge < -0.3 is 15.2 Å². The largest absolute Gasteiger partial charge is 0.467 e. The second-order valence-corrected chi connectivity index (χ2v) is 4.62. The van der Waals surface area contributed by atoms with Crippen LogP contribution >= 0.6 is 0 Å². The van der Waals surface area contributed by atoms with Gasteiger partial charge in [0.05, 0.1) is 36.9 Å². The van der Waals surface area contributed by atoms with Gasteiger partial charge in [-0.15, -0.1) is 0 Å². The molecule has 0 saturated heterocycles. The molecule has 1 aromatic carbocycles. The minimum atomic E-state index is -1.10. The molecule has 0 fully saturated rings. The number of amides is 1. The molecule has 1 aromatic heterocycles. The van der Waals surface area contributed by atoms with Crippen molar-refractivity contribution in [2.45, 2.75) is 13.0 Å². The average molecular weight is 303 g/mol. The van der Waals surface area contributed by atoms with Crippen LogP contribution in [0.15, 0.2) is 36.5 Å². The number of ether oxygens (including phenoxy) is 1. The van der Waals surface area contributed by atoms with Gasteiger partial charge in [-0.2, -0.15) is 5.10 Å². The SMILES string of the molecule is COC(=O)C(CO)NC(=O)c1cnn(-c2ccccc2)c1C. The van der Waals surface area contributed by atoms with Crippen LogP contribution in [0.5, 0.6) is 0 Å². The highest BCUT2D eigenvalue weighted by atomic mass is 16.5. The van der Waals surface area contributed by atoms with E-state index in [0.717, 1.165) is 5.69 Å². The molecule has 0 aliphatic rings. The number of hydrogen-bond donors (Lipinski definition) is 2. The third kappa shape index (κ3) is 3.15. The summed E-state index contributed by atoms with van der Waals surface area (Å²) in [7, 11) is 1.19. The van der Waals surface area contributed by atoms with Crippen LogP contribution in [0.1, 0.15) is 16.1 Å². The molecule has 116 valence electrons. The van der Waals surface area contributed by atoms with Crippen molar-refractivity contribution in [1.29, 1.82) is 0 Å². The van der Waals surface area contributed by atoms with E-state index >= 15 is 0 Å². The highest BCUT2D eigenvalue weighted by molar-refractivity contribution is 5.97. The number of hydrogen-bond acceptors (Lipinski definition) is 5. The molecule has 22 heavy (non-hydrogen) atoms. The van der Waals surface area contributed by atoms with Crippen LogP contribution in [0.4, 0.5) is 0 Å². The molecule has 0 saturated carbocycles. The van der Waals surface area contributed by atoms with Crippen LogP contribution in [-0.2, 0) is 9.53 Å². The van der Waals surface area contributed by atoms with Crippen molar-refractivity contribution in [3.63, 3.8) is 0 Å². The normalized spacial score (nSPS) is 11.8. The molecule has 0 spiro atoms. The van der Waals surface area contributed by atoms with Crippen molar-refractivity contribution in [2.75, 3.05) is 13.7 Å². The van der Waals surface area contributed by atoms with Gasteiger partial charge in [0.1, 0.15) is 0 Å². The minimum absolute atomic E-state index is 0.325. The molecule has 1 heterocycles. The summed E-state index contributed by atoms with van der Waals surface area (Å²) in [6.07, 6.45) is 1.42. The zero-order chi connectivity index (χ0) is 16.1. The molecule has 1 amide bonds. The standard InChI is InChI=1S/C15H17N3O4/c1-10-12(14(20)17-13(9-19)15(21)22-2)8-16-18(10)11-6-4-3-5-7-11/h3-8,13,19H,9H2,1-2H3,(H,17,20). The summed E-state index contributed by atoms with van der Waals surface area (Å²) < 4.78 is 6.14. The number of esters is 1. The maximum Gasteiger partial charge on any atom is 0.330 e. The van der Waals surface area contributed by atoms with Gasteiger partial charge in [-0.25, -0.2) is 9.48 Å². The summed E-state index contributed by atoms with van der Waals surface area (Å²) in [5.74, 6) is -1.20. The van der Waals surface area contributed by atoms with Crippen molar-refractivity contribution in [1.82, 2.24) is 15.1 Å². The van der Waals surface area contributed by atoms with E-state index in [1.165, 1.54) is 13.3 Å². The summed E-state index contributed by atoms with van der Waals surface area (Å²) in [6.45, 7) is 1.21. The Morgan fingerprint density at radius 2 is 2.05 bits per heavy atom. The van der Waals surface area contributed by atoms with E-state index in [9.17, 15) is 9.59 Å². The van der Waals surface area contributed by atoms with Gasteiger partial charge in [0.25, 0.3) is 5.91 Å². The molecule has 0 bridgehead atoms. The molecule has 2 rings (SSSR count). The first-order valence-corrected chi connectivity index (χ1v) is 6.68. The lowest BCUT2D eigenvalue weighted by atomic mass is 10.2. The van der Waals surface area contributed by atoms with E-state index in [0.29, 0.717) is 11.3 Å². The maximum atomic E-state index is 12.2. The number of aromatic nitrogens is 2. The Kier molecular flexibility index (Phi) is 4.90. The average Bonchev–Trinajstić information content (AvgIpc) is 2.94. The number of rotatable bonds is 5. The lowest BCUT2D eigenvalue weighted by Crippen LogP contribution is -2.44.